The van der Waals surface area contributed by atoms with E-state index < -0.39 is 21.8 Å². The summed E-state index contributed by atoms with van der Waals surface area (Å²) in [6, 6.07) is 12.9. The van der Waals surface area contributed by atoms with Crippen molar-refractivity contribution in [2.45, 2.75) is 25.7 Å². The van der Waals surface area contributed by atoms with Crippen LogP contribution < -0.4 is 10.9 Å². The topological polar surface area (TPSA) is 109 Å². The fraction of sp³-hybridized carbons (Fsp3) is 0.238. The molecule has 3 aromatic rings. The number of rotatable bonds is 6. The Balaban J connectivity index is 1.75. The lowest BCUT2D eigenvalue weighted by atomic mass is 10.1. The molecule has 0 atom stereocenters. The molecule has 1 heterocycles. The Bertz CT molecular complexity index is 1200. The van der Waals surface area contributed by atoms with Gasteiger partial charge in [0.15, 0.2) is 5.76 Å². The van der Waals surface area contributed by atoms with Gasteiger partial charge in [0.25, 0.3) is 5.91 Å². The minimum Gasteiger partial charge on any atom is -0.451 e. The molecule has 0 aliphatic carbocycles. The lowest BCUT2D eigenvalue weighted by Crippen LogP contribution is -2.41. The van der Waals surface area contributed by atoms with E-state index in [0.29, 0.717) is 24.2 Å². The van der Waals surface area contributed by atoms with Gasteiger partial charge in [-0.2, -0.15) is 4.31 Å². The zero-order chi connectivity index (χ0) is 21.9. The number of nitrogens with one attached hydrogen (secondary N) is 2. The average Bonchev–Trinajstić information content (AvgIpc) is 3.09. The second kappa shape index (κ2) is 8.68. The number of para-hydroxylation sites is 1. The smallest absolute Gasteiger partial charge is 0.305 e. The van der Waals surface area contributed by atoms with E-state index in [1.807, 2.05) is 12.1 Å². The average molecular weight is 429 g/mol. The van der Waals surface area contributed by atoms with E-state index >= 15 is 0 Å². The predicted octanol–water partition coefficient (Wildman–Crippen LogP) is 2.85. The summed E-state index contributed by atoms with van der Waals surface area (Å²) in [5, 5.41) is 0.809. The molecule has 0 unspecified atom stereocenters. The van der Waals surface area contributed by atoms with Crippen LogP contribution in [0.25, 0.3) is 11.0 Å². The number of nitrogens with zero attached hydrogens (tertiary/aromatic N) is 1. The molecule has 0 aliphatic heterocycles. The number of hydrogen-bond acceptors (Lipinski definition) is 5. The monoisotopic (exact) mass is 429 g/mol. The highest BCUT2D eigenvalue weighted by Gasteiger charge is 2.23. The second-order valence-corrected chi connectivity index (χ2v) is 8.52. The number of furan rings is 1. The van der Waals surface area contributed by atoms with Crippen LogP contribution in [0.15, 0.2) is 57.8 Å². The third-order valence-electron chi connectivity index (χ3n) is 4.78. The molecular formula is C21H23N3O5S. The van der Waals surface area contributed by atoms with Gasteiger partial charge in [-0.1, -0.05) is 38.1 Å². The Morgan fingerprint density at radius 2 is 1.63 bits per heavy atom. The van der Waals surface area contributed by atoms with E-state index in [1.54, 1.807) is 32.9 Å². The first-order valence-corrected chi connectivity index (χ1v) is 10.9. The number of carbonyl (C=O) groups excluding carboxylic acids is 2. The van der Waals surface area contributed by atoms with Gasteiger partial charge in [-0.05, 0) is 31.2 Å². The lowest BCUT2D eigenvalue weighted by molar-refractivity contribution is 0.0831. The highest BCUT2D eigenvalue weighted by molar-refractivity contribution is 7.89. The Morgan fingerprint density at radius 3 is 2.30 bits per heavy atom. The largest absolute Gasteiger partial charge is 0.451 e. The number of sulfonamides is 1. The van der Waals surface area contributed by atoms with Gasteiger partial charge in [0, 0.05) is 29.6 Å². The molecule has 0 aliphatic rings. The summed E-state index contributed by atoms with van der Waals surface area (Å²) in [5.74, 6) is -1.16. The first kappa shape index (κ1) is 21.5. The first-order chi connectivity index (χ1) is 14.3. The van der Waals surface area contributed by atoms with E-state index in [9.17, 15) is 18.0 Å². The summed E-state index contributed by atoms with van der Waals surface area (Å²) in [5.41, 5.74) is 5.94. The van der Waals surface area contributed by atoms with Crippen molar-refractivity contribution >= 4 is 32.8 Å². The zero-order valence-electron chi connectivity index (χ0n) is 16.9. The van der Waals surface area contributed by atoms with Crippen LogP contribution in [-0.4, -0.2) is 37.6 Å². The number of aryl methyl sites for hydroxylation is 1. The van der Waals surface area contributed by atoms with E-state index in [-0.39, 0.29) is 16.2 Å². The quantitative estimate of drug-likeness (QED) is 0.586. The first-order valence-electron chi connectivity index (χ1n) is 9.48. The third-order valence-corrected chi connectivity index (χ3v) is 6.82. The molecule has 1 aromatic heterocycles. The molecule has 0 saturated heterocycles. The van der Waals surface area contributed by atoms with Crippen LogP contribution in [0.2, 0.25) is 0 Å². The van der Waals surface area contributed by atoms with Crippen LogP contribution in [0, 0.1) is 6.92 Å². The van der Waals surface area contributed by atoms with E-state index in [0.717, 1.165) is 5.39 Å². The highest BCUT2D eigenvalue weighted by atomic mass is 32.2. The molecular weight excluding hydrogens is 406 g/mol. The number of benzene rings is 2. The van der Waals surface area contributed by atoms with E-state index in [2.05, 4.69) is 10.9 Å². The Morgan fingerprint density at radius 1 is 0.967 bits per heavy atom. The fourth-order valence-electron chi connectivity index (χ4n) is 3.14. The van der Waals surface area contributed by atoms with Gasteiger partial charge in [-0.25, -0.2) is 8.42 Å². The molecule has 0 radical (unpaired) electrons. The van der Waals surface area contributed by atoms with Gasteiger partial charge in [0.1, 0.15) is 5.58 Å². The van der Waals surface area contributed by atoms with Crippen LogP contribution in [0.1, 0.15) is 40.3 Å². The highest BCUT2D eigenvalue weighted by Crippen LogP contribution is 2.24. The summed E-state index contributed by atoms with van der Waals surface area (Å²) < 4.78 is 32.2. The van der Waals surface area contributed by atoms with Crippen molar-refractivity contribution in [3.8, 4) is 0 Å². The van der Waals surface area contributed by atoms with Gasteiger partial charge in [-0.15, -0.1) is 0 Å². The number of hydrazine groups is 1. The molecule has 9 heteroatoms. The maximum atomic E-state index is 12.7. The Kier molecular flexibility index (Phi) is 6.23. The van der Waals surface area contributed by atoms with E-state index in [4.69, 9.17) is 4.42 Å². The third kappa shape index (κ3) is 4.07. The summed E-state index contributed by atoms with van der Waals surface area (Å²) >= 11 is 0. The van der Waals surface area contributed by atoms with Crippen molar-refractivity contribution in [2.75, 3.05) is 13.1 Å². The molecule has 2 amide bonds. The maximum Gasteiger partial charge on any atom is 0.305 e. The maximum absolute atomic E-state index is 12.7. The van der Waals surface area contributed by atoms with Crippen molar-refractivity contribution in [3.05, 3.63) is 65.4 Å². The Hall–Kier alpha value is -3.17. The summed E-state index contributed by atoms with van der Waals surface area (Å²) in [4.78, 5) is 24.9. The lowest BCUT2D eigenvalue weighted by Gasteiger charge is -2.18. The molecule has 30 heavy (non-hydrogen) atoms. The fourth-order valence-corrected chi connectivity index (χ4v) is 4.65. The van der Waals surface area contributed by atoms with Crippen molar-refractivity contribution < 1.29 is 22.4 Å². The van der Waals surface area contributed by atoms with E-state index in [1.165, 1.54) is 28.6 Å². The molecule has 0 spiro atoms. The SMILES string of the molecule is CCN(CC)S(=O)(=O)c1cccc(C(=O)NNC(=O)c2oc3ccccc3c2C)c1. The van der Waals surface area contributed by atoms with Crippen molar-refractivity contribution in [2.24, 2.45) is 0 Å². The summed E-state index contributed by atoms with van der Waals surface area (Å²) in [6.45, 7) is 5.88. The van der Waals surface area contributed by atoms with Crippen molar-refractivity contribution in [1.82, 2.24) is 15.2 Å². The minimum absolute atomic E-state index is 0.0123. The zero-order valence-corrected chi connectivity index (χ0v) is 17.7. The van der Waals surface area contributed by atoms with Crippen LogP contribution in [0.5, 0.6) is 0 Å². The molecule has 3 rings (SSSR count). The molecule has 8 nitrogen and oxygen atoms in total. The van der Waals surface area contributed by atoms with Crippen LogP contribution in [0.4, 0.5) is 0 Å². The number of hydrogen-bond donors (Lipinski definition) is 2. The molecule has 0 fully saturated rings. The summed E-state index contributed by atoms with van der Waals surface area (Å²) in [7, 11) is -3.70. The van der Waals surface area contributed by atoms with Crippen molar-refractivity contribution in [1.29, 1.82) is 0 Å². The number of carbonyl (C=O) groups is 2. The predicted molar refractivity (Wildman–Crippen MR) is 112 cm³/mol. The summed E-state index contributed by atoms with van der Waals surface area (Å²) in [6.07, 6.45) is 0. The van der Waals surface area contributed by atoms with Gasteiger partial charge in [0.05, 0.1) is 4.90 Å². The Labute approximate surface area is 174 Å². The van der Waals surface area contributed by atoms with Crippen molar-refractivity contribution in [3.63, 3.8) is 0 Å². The number of fused-ring (bicyclic) bond motifs is 1. The number of amides is 2. The van der Waals surface area contributed by atoms with Crippen LogP contribution >= 0.6 is 0 Å². The normalized spacial score (nSPS) is 11.6. The molecule has 2 aromatic carbocycles. The molecule has 0 bridgehead atoms. The van der Waals surface area contributed by atoms with Gasteiger partial charge < -0.3 is 4.42 Å². The van der Waals surface area contributed by atoms with Gasteiger partial charge in [0.2, 0.25) is 10.0 Å². The molecule has 0 saturated carbocycles. The molecule has 2 N–H and O–H groups in total. The molecule has 158 valence electrons. The minimum atomic E-state index is -3.70. The van der Waals surface area contributed by atoms with Gasteiger partial charge in [-0.3, -0.25) is 20.4 Å². The standard InChI is InChI=1S/C21H23N3O5S/c1-4-24(5-2)30(27,28)16-10-8-9-15(13-16)20(25)22-23-21(26)19-14(3)17-11-6-7-12-18(17)29-19/h6-13H,4-5H2,1-3H3,(H,22,25)(H,23,26). The van der Waals surface area contributed by atoms with Crippen LogP contribution in [0.3, 0.4) is 0 Å². The van der Waals surface area contributed by atoms with Crippen LogP contribution in [-0.2, 0) is 10.0 Å². The second-order valence-electron chi connectivity index (χ2n) is 6.58. The van der Waals surface area contributed by atoms with Gasteiger partial charge >= 0.3 is 5.91 Å².